The molecule has 0 aliphatic heterocycles. The number of hydrogen-bond acceptors (Lipinski definition) is 3. The molecule has 0 amide bonds. The van der Waals surface area contributed by atoms with Crippen LogP contribution in [0.2, 0.25) is 0 Å². The summed E-state index contributed by atoms with van der Waals surface area (Å²) < 4.78 is 1.20. The highest BCUT2D eigenvalue weighted by molar-refractivity contribution is 9.11. The van der Waals surface area contributed by atoms with Crippen LogP contribution >= 0.6 is 27.3 Å². The normalized spacial score (nSPS) is 14.2. The van der Waals surface area contributed by atoms with Crippen molar-refractivity contribution in [1.29, 1.82) is 0 Å². The standard InChI is InChI=1S/C14H25BrN2S/c1-10(2)11(7-16)8-17-9-14(3,4)12-5-6-13(15)18-12/h5-6,10-11,17H,7-9,16H2,1-4H3. The Kier molecular flexibility index (Phi) is 6.31. The second-order valence-electron chi connectivity index (χ2n) is 5.86. The average Bonchev–Trinajstić information content (AvgIpc) is 2.71. The summed E-state index contributed by atoms with van der Waals surface area (Å²) in [4.78, 5) is 1.41. The van der Waals surface area contributed by atoms with Crippen LogP contribution in [0, 0.1) is 11.8 Å². The molecule has 104 valence electrons. The van der Waals surface area contributed by atoms with E-state index in [1.54, 1.807) is 0 Å². The minimum absolute atomic E-state index is 0.173. The summed E-state index contributed by atoms with van der Waals surface area (Å²) in [6.07, 6.45) is 0. The fourth-order valence-corrected chi connectivity index (χ4v) is 3.41. The Hall–Kier alpha value is 0.1000. The number of nitrogens with one attached hydrogen (secondary N) is 1. The van der Waals surface area contributed by atoms with E-state index < -0.39 is 0 Å². The van der Waals surface area contributed by atoms with Gasteiger partial charge in [0.2, 0.25) is 0 Å². The molecule has 0 spiro atoms. The van der Waals surface area contributed by atoms with Crippen LogP contribution in [0.15, 0.2) is 15.9 Å². The molecule has 0 aliphatic carbocycles. The Morgan fingerprint density at radius 2 is 2.06 bits per heavy atom. The van der Waals surface area contributed by atoms with Gasteiger partial charge in [0.15, 0.2) is 0 Å². The highest BCUT2D eigenvalue weighted by atomic mass is 79.9. The molecule has 18 heavy (non-hydrogen) atoms. The van der Waals surface area contributed by atoms with Gasteiger partial charge in [-0.2, -0.15) is 0 Å². The van der Waals surface area contributed by atoms with Gasteiger partial charge < -0.3 is 11.1 Å². The van der Waals surface area contributed by atoms with Crippen molar-refractivity contribution in [3.63, 3.8) is 0 Å². The predicted octanol–water partition coefficient (Wildman–Crippen LogP) is 3.61. The van der Waals surface area contributed by atoms with Crippen molar-refractivity contribution in [2.24, 2.45) is 17.6 Å². The van der Waals surface area contributed by atoms with Gasteiger partial charge >= 0.3 is 0 Å². The first-order valence-corrected chi connectivity index (χ1v) is 8.14. The molecule has 1 atom stereocenters. The minimum Gasteiger partial charge on any atom is -0.330 e. The summed E-state index contributed by atoms with van der Waals surface area (Å²) in [6, 6.07) is 4.33. The van der Waals surface area contributed by atoms with Gasteiger partial charge in [0.1, 0.15) is 0 Å². The van der Waals surface area contributed by atoms with Gasteiger partial charge in [0, 0.05) is 16.8 Å². The second-order valence-corrected chi connectivity index (χ2v) is 8.32. The van der Waals surface area contributed by atoms with Crippen molar-refractivity contribution >= 4 is 27.3 Å². The van der Waals surface area contributed by atoms with Crippen molar-refractivity contribution in [2.45, 2.75) is 33.1 Å². The van der Waals surface area contributed by atoms with Crippen LogP contribution in [0.3, 0.4) is 0 Å². The van der Waals surface area contributed by atoms with Crippen LogP contribution in [0.4, 0.5) is 0 Å². The van der Waals surface area contributed by atoms with Gasteiger partial charge in [0.25, 0.3) is 0 Å². The maximum absolute atomic E-state index is 5.79. The van der Waals surface area contributed by atoms with Crippen LogP contribution in [0.5, 0.6) is 0 Å². The molecule has 0 aromatic carbocycles. The van der Waals surface area contributed by atoms with Crippen LogP contribution in [0.1, 0.15) is 32.6 Å². The molecule has 1 aromatic heterocycles. The molecular formula is C14H25BrN2S. The molecule has 0 fully saturated rings. The summed E-state index contributed by atoms with van der Waals surface area (Å²) in [5.41, 5.74) is 5.97. The molecule has 0 bridgehead atoms. The van der Waals surface area contributed by atoms with E-state index in [4.69, 9.17) is 5.73 Å². The monoisotopic (exact) mass is 332 g/mol. The third-order valence-electron chi connectivity index (χ3n) is 3.46. The first-order valence-electron chi connectivity index (χ1n) is 6.53. The average molecular weight is 333 g/mol. The van der Waals surface area contributed by atoms with E-state index in [0.717, 1.165) is 19.6 Å². The highest BCUT2D eigenvalue weighted by Gasteiger charge is 2.22. The first-order chi connectivity index (χ1) is 8.36. The largest absolute Gasteiger partial charge is 0.330 e. The second kappa shape index (κ2) is 7.04. The van der Waals surface area contributed by atoms with E-state index in [2.05, 4.69) is 61.1 Å². The zero-order chi connectivity index (χ0) is 13.8. The van der Waals surface area contributed by atoms with Crippen molar-refractivity contribution in [2.75, 3.05) is 19.6 Å². The van der Waals surface area contributed by atoms with Crippen molar-refractivity contribution in [1.82, 2.24) is 5.32 Å². The lowest BCUT2D eigenvalue weighted by atomic mass is 9.90. The van der Waals surface area contributed by atoms with E-state index >= 15 is 0 Å². The summed E-state index contributed by atoms with van der Waals surface area (Å²) >= 11 is 5.35. The Balaban J connectivity index is 2.47. The van der Waals surface area contributed by atoms with Gasteiger partial charge in [-0.3, -0.25) is 0 Å². The lowest BCUT2D eigenvalue weighted by molar-refractivity contribution is 0.353. The van der Waals surface area contributed by atoms with E-state index in [1.807, 2.05) is 11.3 Å². The zero-order valence-corrected chi connectivity index (χ0v) is 14.2. The molecule has 1 rings (SSSR count). The summed E-state index contributed by atoms with van der Waals surface area (Å²) in [7, 11) is 0. The molecule has 0 saturated carbocycles. The van der Waals surface area contributed by atoms with Gasteiger partial charge in [0.05, 0.1) is 3.79 Å². The molecule has 4 heteroatoms. The minimum atomic E-state index is 0.173. The fourth-order valence-electron chi connectivity index (χ4n) is 1.93. The molecule has 0 aliphatic rings. The topological polar surface area (TPSA) is 38.0 Å². The molecule has 1 aromatic rings. The van der Waals surface area contributed by atoms with Crippen LogP contribution < -0.4 is 11.1 Å². The molecule has 3 N–H and O–H groups in total. The number of thiophene rings is 1. The maximum Gasteiger partial charge on any atom is 0.0701 e. The third-order valence-corrected chi connectivity index (χ3v) is 5.45. The number of nitrogens with two attached hydrogens (primary N) is 1. The van der Waals surface area contributed by atoms with E-state index in [-0.39, 0.29) is 5.41 Å². The molecule has 0 radical (unpaired) electrons. The zero-order valence-electron chi connectivity index (χ0n) is 11.8. The summed E-state index contributed by atoms with van der Waals surface area (Å²) in [5.74, 6) is 1.21. The molecule has 1 heterocycles. The van der Waals surface area contributed by atoms with Gasteiger partial charge in [-0.15, -0.1) is 11.3 Å². The maximum atomic E-state index is 5.79. The fraction of sp³-hybridized carbons (Fsp3) is 0.714. The Labute approximate surface area is 123 Å². The first kappa shape index (κ1) is 16.2. The van der Waals surface area contributed by atoms with Crippen LogP contribution in [-0.4, -0.2) is 19.6 Å². The lowest BCUT2D eigenvalue weighted by Crippen LogP contribution is -2.38. The van der Waals surface area contributed by atoms with Crippen molar-refractivity contribution in [3.8, 4) is 0 Å². The number of halogens is 1. The highest BCUT2D eigenvalue weighted by Crippen LogP contribution is 2.32. The molecule has 0 saturated heterocycles. The summed E-state index contributed by atoms with van der Waals surface area (Å²) in [6.45, 7) is 11.8. The van der Waals surface area contributed by atoms with Crippen molar-refractivity contribution < 1.29 is 0 Å². The SMILES string of the molecule is CC(C)C(CN)CNCC(C)(C)c1ccc(Br)s1. The van der Waals surface area contributed by atoms with Crippen LogP contribution in [-0.2, 0) is 5.41 Å². The summed E-state index contributed by atoms with van der Waals surface area (Å²) in [5, 5.41) is 3.58. The van der Waals surface area contributed by atoms with Gasteiger partial charge in [-0.1, -0.05) is 27.7 Å². The van der Waals surface area contributed by atoms with E-state index in [1.165, 1.54) is 8.66 Å². The lowest BCUT2D eigenvalue weighted by Gasteiger charge is -2.26. The third kappa shape index (κ3) is 4.65. The van der Waals surface area contributed by atoms with E-state index in [0.29, 0.717) is 11.8 Å². The molecule has 2 nitrogen and oxygen atoms in total. The smallest absolute Gasteiger partial charge is 0.0701 e. The molecule has 1 unspecified atom stereocenters. The van der Waals surface area contributed by atoms with Crippen molar-refractivity contribution in [3.05, 3.63) is 20.8 Å². The number of rotatable bonds is 7. The Morgan fingerprint density at radius 1 is 1.39 bits per heavy atom. The number of hydrogen-bond donors (Lipinski definition) is 2. The quantitative estimate of drug-likeness (QED) is 0.800. The predicted molar refractivity (Wildman–Crippen MR) is 85.3 cm³/mol. The van der Waals surface area contributed by atoms with E-state index in [9.17, 15) is 0 Å². The Morgan fingerprint density at radius 3 is 2.50 bits per heavy atom. The Bertz CT molecular complexity index is 360. The van der Waals surface area contributed by atoms with Crippen LogP contribution in [0.25, 0.3) is 0 Å². The molecular weight excluding hydrogens is 308 g/mol. The van der Waals surface area contributed by atoms with Gasteiger partial charge in [-0.05, 0) is 53.0 Å². The van der Waals surface area contributed by atoms with Gasteiger partial charge in [-0.25, -0.2) is 0 Å².